The molecule has 0 unspecified atom stereocenters. The van der Waals surface area contributed by atoms with Crippen LogP contribution in [-0.4, -0.2) is 10.8 Å². The summed E-state index contributed by atoms with van der Waals surface area (Å²) >= 11 is 0. The van der Waals surface area contributed by atoms with Crippen molar-refractivity contribution >= 4 is 16.7 Å². The third-order valence-electron chi connectivity index (χ3n) is 2.69. The highest BCUT2D eigenvalue weighted by Crippen LogP contribution is 2.24. The number of benzene rings is 1. The molecule has 0 bridgehead atoms. The van der Waals surface area contributed by atoms with Crippen molar-refractivity contribution in [3.05, 3.63) is 41.6 Å². The number of ketones is 1. The third-order valence-corrected chi connectivity index (χ3v) is 2.69. The van der Waals surface area contributed by atoms with Gasteiger partial charge in [-0.2, -0.15) is 0 Å². The summed E-state index contributed by atoms with van der Waals surface area (Å²) in [5, 5.41) is 0.420. The molecule has 94 valence electrons. The van der Waals surface area contributed by atoms with Crippen molar-refractivity contribution in [3.8, 4) is 0 Å². The van der Waals surface area contributed by atoms with Crippen LogP contribution in [-0.2, 0) is 0 Å². The highest BCUT2D eigenvalue weighted by molar-refractivity contribution is 6.01. The van der Waals surface area contributed by atoms with Crippen molar-refractivity contribution in [1.29, 1.82) is 0 Å². The van der Waals surface area contributed by atoms with Gasteiger partial charge >= 0.3 is 0 Å². The van der Waals surface area contributed by atoms with Gasteiger partial charge in [0.05, 0.1) is 0 Å². The number of Topliss-reactive ketones (excluding diaryl/α,β-unsaturated/α-hetero) is 1. The average Bonchev–Trinajstić information content (AvgIpc) is 2.31. The number of carbonyl (C=O) groups is 1. The normalized spacial score (nSPS) is 11.8. The number of rotatable bonds is 1. The topological polar surface area (TPSA) is 30.0 Å². The van der Waals surface area contributed by atoms with E-state index in [1.807, 2.05) is 0 Å². The van der Waals surface area contributed by atoms with Gasteiger partial charge < -0.3 is 0 Å². The Kier molecular flexibility index (Phi) is 2.89. The second-order valence-corrected chi connectivity index (χ2v) is 5.24. The van der Waals surface area contributed by atoms with Crippen molar-refractivity contribution in [3.63, 3.8) is 0 Å². The van der Waals surface area contributed by atoms with E-state index in [4.69, 9.17) is 0 Å². The Morgan fingerprint density at radius 3 is 2.50 bits per heavy atom. The minimum absolute atomic E-state index is 0.0551. The lowest BCUT2D eigenvalue weighted by Gasteiger charge is -2.16. The van der Waals surface area contributed by atoms with E-state index >= 15 is 0 Å². The molecule has 0 saturated heterocycles. The Morgan fingerprint density at radius 1 is 1.22 bits per heavy atom. The Bertz CT molecular complexity index is 629. The standard InChI is InChI=1S/C14H13F2NO/c1-14(2,3)13(18)9-6-8-4-5-10(15)11(16)12(8)17-7-9/h4-7H,1-3H3. The molecule has 0 N–H and O–H groups in total. The summed E-state index contributed by atoms with van der Waals surface area (Å²) in [6, 6.07) is 3.99. The first kappa shape index (κ1) is 12.6. The van der Waals surface area contributed by atoms with Crippen LogP contribution in [0.2, 0.25) is 0 Å². The summed E-state index contributed by atoms with van der Waals surface area (Å²) < 4.78 is 26.5. The minimum Gasteiger partial charge on any atom is -0.294 e. The predicted molar refractivity (Wildman–Crippen MR) is 65.4 cm³/mol. The van der Waals surface area contributed by atoms with Gasteiger partial charge in [-0.15, -0.1) is 0 Å². The van der Waals surface area contributed by atoms with Gasteiger partial charge in [-0.05, 0) is 18.2 Å². The number of carbonyl (C=O) groups excluding carboxylic acids is 1. The maximum absolute atomic E-state index is 13.4. The maximum atomic E-state index is 13.4. The van der Waals surface area contributed by atoms with E-state index in [-0.39, 0.29) is 11.3 Å². The first-order valence-electron chi connectivity index (χ1n) is 5.59. The molecule has 2 nitrogen and oxygen atoms in total. The van der Waals surface area contributed by atoms with Gasteiger partial charge in [0, 0.05) is 22.6 Å². The predicted octanol–water partition coefficient (Wildman–Crippen LogP) is 3.74. The van der Waals surface area contributed by atoms with Crippen LogP contribution in [0, 0.1) is 17.0 Å². The molecule has 0 fully saturated rings. The van der Waals surface area contributed by atoms with Crippen LogP contribution in [0.1, 0.15) is 31.1 Å². The number of hydrogen-bond acceptors (Lipinski definition) is 2. The second-order valence-electron chi connectivity index (χ2n) is 5.24. The van der Waals surface area contributed by atoms with Gasteiger partial charge in [0.2, 0.25) is 0 Å². The molecule has 4 heteroatoms. The molecule has 0 spiro atoms. The fourth-order valence-corrected chi connectivity index (χ4v) is 1.70. The van der Waals surface area contributed by atoms with Crippen LogP contribution in [0.5, 0.6) is 0 Å². The van der Waals surface area contributed by atoms with E-state index in [1.54, 1.807) is 26.8 Å². The molecule has 0 amide bonds. The number of hydrogen-bond donors (Lipinski definition) is 0. The summed E-state index contributed by atoms with van der Waals surface area (Å²) in [5.74, 6) is -2.01. The summed E-state index contributed by atoms with van der Waals surface area (Å²) in [4.78, 5) is 15.9. The lowest BCUT2D eigenvalue weighted by Crippen LogP contribution is -2.20. The Morgan fingerprint density at radius 2 is 1.89 bits per heavy atom. The smallest absolute Gasteiger partial charge is 0.184 e. The van der Waals surface area contributed by atoms with Crippen LogP contribution in [0.4, 0.5) is 8.78 Å². The molecular weight excluding hydrogens is 236 g/mol. The fraction of sp³-hybridized carbons (Fsp3) is 0.286. The average molecular weight is 249 g/mol. The zero-order valence-electron chi connectivity index (χ0n) is 10.4. The van der Waals surface area contributed by atoms with Crippen LogP contribution in [0.25, 0.3) is 10.9 Å². The molecule has 0 radical (unpaired) electrons. The summed E-state index contributed by atoms with van der Waals surface area (Å²) in [7, 11) is 0. The molecule has 2 aromatic rings. The van der Waals surface area contributed by atoms with Gasteiger partial charge in [-0.1, -0.05) is 20.8 Å². The van der Waals surface area contributed by atoms with Crippen molar-refractivity contribution < 1.29 is 13.6 Å². The molecule has 0 aliphatic rings. The second kappa shape index (κ2) is 4.12. The van der Waals surface area contributed by atoms with Crippen LogP contribution >= 0.6 is 0 Å². The van der Waals surface area contributed by atoms with Crippen LogP contribution < -0.4 is 0 Å². The summed E-state index contributed by atoms with van der Waals surface area (Å²) in [5.41, 5.74) is -0.185. The van der Waals surface area contributed by atoms with Crippen molar-refractivity contribution in [2.24, 2.45) is 5.41 Å². The Hall–Kier alpha value is -1.84. The lowest BCUT2D eigenvalue weighted by atomic mass is 9.87. The molecule has 2 rings (SSSR count). The zero-order chi connectivity index (χ0) is 13.5. The molecular formula is C14H13F2NO. The van der Waals surface area contributed by atoms with E-state index in [0.717, 1.165) is 6.07 Å². The molecule has 0 aliphatic heterocycles. The largest absolute Gasteiger partial charge is 0.294 e. The van der Waals surface area contributed by atoms with E-state index in [9.17, 15) is 13.6 Å². The van der Waals surface area contributed by atoms with Gasteiger partial charge in [0.1, 0.15) is 5.52 Å². The molecule has 1 aromatic heterocycles. The number of aromatic nitrogens is 1. The lowest BCUT2D eigenvalue weighted by molar-refractivity contribution is 0.0858. The number of fused-ring (bicyclic) bond motifs is 1. The fourth-order valence-electron chi connectivity index (χ4n) is 1.70. The molecule has 1 aromatic carbocycles. The third kappa shape index (κ3) is 2.10. The van der Waals surface area contributed by atoms with Crippen molar-refractivity contribution in [2.45, 2.75) is 20.8 Å². The van der Waals surface area contributed by atoms with Gasteiger partial charge in [0.25, 0.3) is 0 Å². The minimum atomic E-state index is -0.984. The van der Waals surface area contributed by atoms with Gasteiger partial charge in [0.15, 0.2) is 17.4 Å². The first-order chi connectivity index (χ1) is 8.30. The van der Waals surface area contributed by atoms with Crippen molar-refractivity contribution in [2.75, 3.05) is 0 Å². The molecule has 18 heavy (non-hydrogen) atoms. The SMILES string of the molecule is CC(C)(C)C(=O)c1cnc2c(F)c(F)ccc2c1. The van der Waals surface area contributed by atoms with E-state index in [0.29, 0.717) is 10.9 Å². The van der Waals surface area contributed by atoms with E-state index in [2.05, 4.69) is 4.98 Å². The zero-order valence-corrected chi connectivity index (χ0v) is 10.4. The maximum Gasteiger partial charge on any atom is 0.184 e. The summed E-state index contributed by atoms with van der Waals surface area (Å²) in [6.07, 6.45) is 1.29. The Labute approximate surface area is 104 Å². The van der Waals surface area contributed by atoms with E-state index in [1.165, 1.54) is 12.3 Å². The molecule has 0 aliphatic carbocycles. The first-order valence-corrected chi connectivity index (χ1v) is 5.59. The van der Waals surface area contributed by atoms with Crippen LogP contribution in [0.15, 0.2) is 24.4 Å². The van der Waals surface area contributed by atoms with E-state index < -0.39 is 17.0 Å². The number of halogens is 2. The molecule has 1 heterocycles. The highest BCUT2D eigenvalue weighted by atomic mass is 19.2. The van der Waals surface area contributed by atoms with Crippen molar-refractivity contribution in [1.82, 2.24) is 4.98 Å². The molecule has 0 saturated carbocycles. The van der Waals surface area contributed by atoms with Gasteiger partial charge in [-0.25, -0.2) is 8.78 Å². The quantitative estimate of drug-likeness (QED) is 0.720. The number of nitrogens with zero attached hydrogens (tertiary/aromatic N) is 1. The molecule has 0 atom stereocenters. The monoisotopic (exact) mass is 249 g/mol. The van der Waals surface area contributed by atoms with Gasteiger partial charge in [-0.3, -0.25) is 9.78 Å². The van der Waals surface area contributed by atoms with Crippen LogP contribution in [0.3, 0.4) is 0 Å². The number of pyridine rings is 1. The highest BCUT2D eigenvalue weighted by Gasteiger charge is 2.23. The summed E-state index contributed by atoms with van der Waals surface area (Å²) in [6.45, 7) is 5.39. The Balaban J connectivity index is 2.59.